The van der Waals surface area contributed by atoms with Crippen molar-refractivity contribution in [3.8, 4) is 11.5 Å². The van der Waals surface area contributed by atoms with E-state index in [-0.39, 0.29) is 18.9 Å². The maximum atomic E-state index is 13.1. The minimum Gasteiger partial charge on any atom is -0.497 e. The second-order valence-electron chi connectivity index (χ2n) is 8.05. The van der Waals surface area contributed by atoms with Crippen LogP contribution in [0.2, 0.25) is 0 Å². The van der Waals surface area contributed by atoms with Crippen molar-refractivity contribution in [1.29, 1.82) is 0 Å². The molecular weight excluding hydrogens is 456 g/mol. The third-order valence-corrected chi connectivity index (χ3v) is 6.34. The Kier molecular flexibility index (Phi) is 8.62. The zero-order valence-corrected chi connectivity index (χ0v) is 21.3. The number of esters is 1. The van der Waals surface area contributed by atoms with Crippen molar-refractivity contribution < 1.29 is 23.8 Å². The predicted octanol–water partition coefficient (Wildman–Crippen LogP) is 2.91. The van der Waals surface area contributed by atoms with E-state index < -0.39 is 12.0 Å². The van der Waals surface area contributed by atoms with E-state index in [1.165, 1.54) is 11.8 Å². The highest BCUT2D eigenvalue weighted by molar-refractivity contribution is 8.16. The average molecular weight is 489 g/mol. The Labute approximate surface area is 204 Å². The van der Waals surface area contributed by atoms with Gasteiger partial charge in [0.1, 0.15) is 11.5 Å². The van der Waals surface area contributed by atoms with Crippen LogP contribution in [-0.2, 0) is 14.3 Å². The van der Waals surface area contributed by atoms with E-state index in [1.54, 1.807) is 34.1 Å². The number of rotatable bonds is 10. The molecule has 1 aromatic rings. The highest BCUT2D eigenvalue weighted by Gasteiger charge is 2.42. The molecule has 0 fully saturated rings. The molecule has 9 nitrogen and oxygen atoms in total. The van der Waals surface area contributed by atoms with Gasteiger partial charge in [-0.05, 0) is 45.5 Å². The molecule has 0 saturated carbocycles. The third-order valence-electron chi connectivity index (χ3n) is 5.45. The molecular formula is C24H32N4O5S. The van der Waals surface area contributed by atoms with Gasteiger partial charge in [-0.1, -0.05) is 11.8 Å². The molecule has 1 aromatic carbocycles. The quantitative estimate of drug-likeness (QED) is 0.503. The van der Waals surface area contributed by atoms with Crippen molar-refractivity contribution in [3.63, 3.8) is 0 Å². The van der Waals surface area contributed by atoms with E-state index in [9.17, 15) is 9.59 Å². The standard InChI is InChI=1S/C24H32N4O5S/c1-7-33-23(30)21-15(2)26-24-28(16(14-34-24)12-20(29)25-10-11-27(3)4)22(21)18-9-8-17(31-5)13-19(18)32-6/h8-9,13-14,22H,7,10-12H2,1-6H3,(H,25,29). The number of ether oxygens (including phenoxy) is 3. The number of amides is 1. The molecule has 1 N–H and O–H groups in total. The fourth-order valence-electron chi connectivity index (χ4n) is 3.82. The average Bonchev–Trinajstić information content (AvgIpc) is 3.19. The summed E-state index contributed by atoms with van der Waals surface area (Å²) in [6, 6.07) is 4.90. The number of allylic oxidation sites excluding steroid dienone is 1. The molecule has 10 heteroatoms. The monoisotopic (exact) mass is 488 g/mol. The Hall–Kier alpha value is -2.98. The van der Waals surface area contributed by atoms with Gasteiger partial charge in [-0.2, -0.15) is 0 Å². The Morgan fingerprint density at radius 2 is 2.00 bits per heavy atom. The molecule has 2 aliphatic rings. The molecule has 0 aliphatic carbocycles. The number of nitrogens with one attached hydrogen (secondary N) is 1. The fraction of sp³-hybridized carbons (Fsp3) is 0.458. The maximum Gasteiger partial charge on any atom is 0.338 e. The summed E-state index contributed by atoms with van der Waals surface area (Å²) < 4.78 is 16.4. The van der Waals surface area contributed by atoms with Crippen LogP contribution in [0.25, 0.3) is 0 Å². The first kappa shape index (κ1) is 25.6. The molecule has 2 aliphatic heterocycles. The Balaban J connectivity index is 2.01. The molecule has 0 saturated heterocycles. The summed E-state index contributed by atoms with van der Waals surface area (Å²) in [5, 5.41) is 5.56. The Bertz CT molecular complexity index is 1030. The number of hydrogen-bond donors (Lipinski definition) is 1. The van der Waals surface area contributed by atoms with E-state index in [2.05, 4.69) is 10.3 Å². The lowest BCUT2D eigenvalue weighted by Gasteiger charge is -2.36. The SMILES string of the molecule is CCOC(=O)C1=C(C)N=C2SC=C(CC(=O)NCCN(C)C)N2C1c1ccc(OC)cc1OC. The number of amidine groups is 1. The molecule has 2 heterocycles. The van der Waals surface area contributed by atoms with Gasteiger partial charge in [0.2, 0.25) is 5.91 Å². The van der Waals surface area contributed by atoms with Gasteiger partial charge < -0.3 is 29.3 Å². The minimum absolute atomic E-state index is 0.0978. The van der Waals surface area contributed by atoms with Crippen LogP contribution in [0.1, 0.15) is 31.9 Å². The van der Waals surface area contributed by atoms with Crippen LogP contribution < -0.4 is 14.8 Å². The number of benzene rings is 1. The van der Waals surface area contributed by atoms with Crippen molar-refractivity contribution in [2.45, 2.75) is 26.3 Å². The molecule has 1 unspecified atom stereocenters. The lowest BCUT2D eigenvalue weighted by Crippen LogP contribution is -2.38. The van der Waals surface area contributed by atoms with Crippen molar-refractivity contribution in [1.82, 2.24) is 15.1 Å². The fourth-order valence-corrected chi connectivity index (χ4v) is 4.79. The number of carbonyl (C=O) groups excluding carboxylic acids is 2. The van der Waals surface area contributed by atoms with E-state index in [1.807, 2.05) is 41.4 Å². The summed E-state index contributed by atoms with van der Waals surface area (Å²) in [6.07, 6.45) is 0.156. The van der Waals surface area contributed by atoms with Crippen LogP contribution in [0.4, 0.5) is 0 Å². The van der Waals surface area contributed by atoms with Crippen LogP contribution in [0, 0.1) is 0 Å². The largest absolute Gasteiger partial charge is 0.497 e. The van der Waals surface area contributed by atoms with Gasteiger partial charge in [0.05, 0.1) is 44.6 Å². The topological polar surface area (TPSA) is 92.7 Å². The molecule has 1 amide bonds. The van der Waals surface area contributed by atoms with Gasteiger partial charge in [0.15, 0.2) is 5.17 Å². The molecule has 3 rings (SSSR count). The first-order valence-corrected chi connectivity index (χ1v) is 11.9. The highest BCUT2D eigenvalue weighted by Crippen LogP contribution is 2.47. The van der Waals surface area contributed by atoms with Gasteiger partial charge in [-0.25, -0.2) is 9.79 Å². The molecule has 34 heavy (non-hydrogen) atoms. The van der Waals surface area contributed by atoms with E-state index in [4.69, 9.17) is 14.2 Å². The number of thioether (sulfide) groups is 1. The Morgan fingerprint density at radius 3 is 2.65 bits per heavy atom. The van der Waals surface area contributed by atoms with Gasteiger partial charge in [0.25, 0.3) is 0 Å². The lowest BCUT2D eigenvalue weighted by atomic mass is 9.93. The summed E-state index contributed by atoms with van der Waals surface area (Å²) >= 11 is 1.43. The van der Waals surface area contributed by atoms with Crippen LogP contribution >= 0.6 is 11.8 Å². The number of aliphatic imine (C=N–C) groups is 1. The van der Waals surface area contributed by atoms with Crippen molar-refractivity contribution in [2.24, 2.45) is 4.99 Å². The molecule has 0 bridgehead atoms. The zero-order chi connectivity index (χ0) is 24.8. The van der Waals surface area contributed by atoms with Crippen molar-refractivity contribution in [3.05, 3.63) is 46.1 Å². The number of likely N-dealkylation sites (N-methyl/N-ethyl adjacent to an activating group) is 1. The third kappa shape index (κ3) is 5.56. The van der Waals surface area contributed by atoms with Gasteiger partial charge >= 0.3 is 5.97 Å². The molecule has 1 atom stereocenters. The first-order chi connectivity index (χ1) is 16.3. The Morgan fingerprint density at radius 1 is 1.24 bits per heavy atom. The van der Waals surface area contributed by atoms with Gasteiger partial charge in [0, 0.05) is 30.4 Å². The normalized spacial score (nSPS) is 17.3. The molecule has 0 radical (unpaired) electrons. The van der Waals surface area contributed by atoms with Crippen LogP contribution in [-0.4, -0.2) is 74.9 Å². The van der Waals surface area contributed by atoms with Crippen molar-refractivity contribution in [2.75, 3.05) is 48.0 Å². The molecule has 0 spiro atoms. The molecule has 184 valence electrons. The summed E-state index contributed by atoms with van der Waals surface area (Å²) in [7, 11) is 7.07. The summed E-state index contributed by atoms with van der Waals surface area (Å²) in [6.45, 7) is 5.10. The van der Waals surface area contributed by atoms with E-state index in [0.29, 0.717) is 34.5 Å². The number of hydrogen-bond acceptors (Lipinski definition) is 9. The minimum atomic E-state index is -0.566. The summed E-state index contributed by atoms with van der Waals surface area (Å²) in [5.41, 5.74) is 2.49. The van der Waals surface area contributed by atoms with Gasteiger partial charge in [-0.3, -0.25) is 4.79 Å². The van der Waals surface area contributed by atoms with Crippen LogP contribution in [0.3, 0.4) is 0 Å². The second-order valence-corrected chi connectivity index (χ2v) is 8.89. The molecule has 0 aromatic heterocycles. The number of nitrogens with zero attached hydrogens (tertiary/aromatic N) is 3. The summed E-state index contributed by atoms with van der Waals surface area (Å²) in [5.74, 6) is 0.652. The number of carbonyl (C=O) groups is 2. The van der Waals surface area contributed by atoms with Crippen molar-refractivity contribution >= 4 is 28.8 Å². The highest BCUT2D eigenvalue weighted by atomic mass is 32.2. The number of fused-ring (bicyclic) bond motifs is 1. The van der Waals surface area contributed by atoms with Gasteiger partial charge in [-0.15, -0.1) is 0 Å². The predicted molar refractivity (Wildman–Crippen MR) is 133 cm³/mol. The smallest absolute Gasteiger partial charge is 0.338 e. The lowest BCUT2D eigenvalue weighted by molar-refractivity contribution is -0.139. The maximum absolute atomic E-state index is 13.1. The second kappa shape index (κ2) is 11.4. The van der Waals surface area contributed by atoms with Crippen LogP contribution in [0.5, 0.6) is 11.5 Å². The zero-order valence-electron chi connectivity index (χ0n) is 20.5. The first-order valence-electron chi connectivity index (χ1n) is 11.1. The van der Waals surface area contributed by atoms with E-state index >= 15 is 0 Å². The van der Waals surface area contributed by atoms with Crippen LogP contribution in [0.15, 0.2) is 45.6 Å². The number of methoxy groups -OCH3 is 2. The summed E-state index contributed by atoms with van der Waals surface area (Å²) in [4.78, 5) is 34.4. The van der Waals surface area contributed by atoms with E-state index in [0.717, 1.165) is 17.8 Å².